The zero-order chi connectivity index (χ0) is 11.7. The Morgan fingerprint density at radius 2 is 2.17 bits per heavy atom. The summed E-state index contributed by atoms with van der Waals surface area (Å²) in [5.74, 6) is 0.0501. The Balaban J connectivity index is 0.00000120. The van der Waals surface area contributed by atoms with Crippen molar-refractivity contribution in [1.29, 1.82) is 0 Å². The number of nitrogens with zero attached hydrogens (tertiary/aromatic N) is 3. The number of hydrogen-bond acceptors (Lipinski definition) is 5. The van der Waals surface area contributed by atoms with Gasteiger partial charge in [0.2, 0.25) is 0 Å². The molecule has 2 fully saturated rings. The van der Waals surface area contributed by atoms with Crippen molar-refractivity contribution in [3.8, 4) is 0 Å². The van der Waals surface area contributed by atoms with Crippen LogP contribution >= 0.6 is 24.1 Å². The number of amides is 1. The molecule has 100 valence electrons. The predicted octanol–water partition coefficient (Wildman–Crippen LogP) is 1.18. The molecule has 0 radical (unpaired) electrons. The lowest BCUT2D eigenvalue weighted by Gasteiger charge is -2.33. The third-order valence-electron chi connectivity index (χ3n) is 3.97. The molecule has 1 amide bonds. The number of aromatic nitrogens is 2. The van der Waals surface area contributed by atoms with E-state index in [0.29, 0.717) is 11.1 Å². The van der Waals surface area contributed by atoms with Gasteiger partial charge in [-0.05, 0) is 37.8 Å². The van der Waals surface area contributed by atoms with Crippen molar-refractivity contribution >= 4 is 30.0 Å². The topological polar surface area (TPSA) is 58.1 Å². The van der Waals surface area contributed by atoms with Gasteiger partial charge in [0.05, 0.1) is 17.9 Å². The Hall–Kier alpha value is -0.720. The number of rotatable bonds is 1. The largest absolute Gasteiger partial charge is 0.337 e. The summed E-state index contributed by atoms with van der Waals surface area (Å²) in [6.07, 6.45) is 5.08. The van der Waals surface area contributed by atoms with Crippen LogP contribution < -0.4 is 5.32 Å². The molecule has 2 aliphatic heterocycles. The van der Waals surface area contributed by atoms with E-state index in [1.165, 1.54) is 12.8 Å². The quantitative estimate of drug-likeness (QED) is 0.843. The summed E-state index contributed by atoms with van der Waals surface area (Å²) < 4.78 is 7.91. The van der Waals surface area contributed by atoms with Crippen LogP contribution in [0.3, 0.4) is 0 Å². The molecule has 0 bridgehead atoms. The van der Waals surface area contributed by atoms with Crippen LogP contribution in [0.5, 0.6) is 0 Å². The molecule has 0 aliphatic carbocycles. The first-order valence-electron chi connectivity index (χ1n) is 6.07. The number of likely N-dealkylation sites (tertiary alicyclic amines) is 1. The molecule has 1 spiro atoms. The minimum atomic E-state index is 0. The van der Waals surface area contributed by atoms with Crippen LogP contribution in [0.25, 0.3) is 0 Å². The molecular formula is C11H17ClN4OS. The molecule has 2 aliphatic rings. The lowest BCUT2D eigenvalue weighted by atomic mass is 9.78. The number of halogens is 1. The monoisotopic (exact) mass is 288 g/mol. The molecule has 3 heterocycles. The highest BCUT2D eigenvalue weighted by Gasteiger charge is 2.40. The minimum Gasteiger partial charge on any atom is -0.337 e. The van der Waals surface area contributed by atoms with Crippen molar-refractivity contribution < 1.29 is 4.79 Å². The van der Waals surface area contributed by atoms with Crippen LogP contribution in [0, 0.1) is 5.41 Å². The van der Waals surface area contributed by atoms with Crippen LogP contribution in [0.2, 0.25) is 0 Å². The summed E-state index contributed by atoms with van der Waals surface area (Å²) in [7, 11) is 0. The second-order valence-corrected chi connectivity index (χ2v) is 5.58. The van der Waals surface area contributed by atoms with Gasteiger partial charge in [0, 0.05) is 13.1 Å². The van der Waals surface area contributed by atoms with E-state index in [0.717, 1.165) is 44.3 Å². The van der Waals surface area contributed by atoms with Gasteiger partial charge >= 0.3 is 0 Å². The molecule has 3 rings (SSSR count). The average molecular weight is 289 g/mol. The van der Waals surface area contributed by atoms with Crippen molar-refractivity contribution in [2.75, 3.05) is 26.2 Å². The molecule has 18 heavy (non-hydrogen) atoms. The van der Waals surface area contributed by atoms with Crippen LogP contribution in [0.1, 0.15) is 29.8 Å². The van der Waals surface area contributed by atoms with Gasteiger partial charge in [-0.25, -0.2) is 0 Å². The van der Waals surface area contributed by atoms with Crippen molar-refractivity contribution in [2.24, 2.45) is 5.41 Å². The SMILES string of the molecule is Cl.O=C(c1cnsn1)N1CCC2(CCNCC2)C1. The fourth-order valence-electron chi connectivity index (χ4n) is 2.89. The van der Waals surface area contributed by atoms with Gasteiger partial charge < -0.3 is 10.2 Å². The molecule has 1 N–H and O–H groups in total. The van der Waals surface area contributed by atoms with E-state index in [9.17, 15) is 4.79 Å². The fourth-order valence-corrected chi connectivity index (χ4v) is 3.30. The lowest BCUT2D eigenvalue weighted by molar-refractivity contribution is 0.0757. The molecule has 0 saturated carbocycles. The van der Waals surface area contributed by atoms with Crippen LogP contribution in [0.15, 0.2) is 6.20 Å². The zero-order valence-electron chi connectivity index (χ0n) is 10.1. The van der Waals surface area contributed by atoms with Gasteiger partial charge in [-0.15, -0.1) is 12.4 Å². The van der Waals surface area contributed by atoms with Gasteiger partial charge in [0.1, 0.15) is 0 Å². The van der Waals surface area contributed by atoms with Gasteiger partial charge in [-0.3, -0.25) is 4.79 Å². The number of piperidine rings is 1. The first-order chi connectivity index (χ1) is 8.29. The Labute approximate surface area is 117 Å². The third kappa shape index (κ3) is 2.50. The summed E-state index contributed by atoms with van der Waals surface area (Å²) in [5, 5.41) is 3.38. The summed E-state index contributed by atoms with van der Waals surface area (Å²) in [6, 6.07) is 0. The third-order valence-corrected chi connectivity index (χ3v) is 4.45. The maximum atomic E-state index is 12.1. The molecule has 1 aromatic rings. The van der Waals surface area contributed by atoms with E-state index in [4.69, 9.17) is 0 Å². The van der Waals surface area contributed by atoms with E-state index in [1.54, 1.807) is 6.20 Å². The highest BCUT2D eigenvalue weighted by atomic mass is 35.5. The lowest BCUT2D eigenvalue weighted by Crippen LogP contribution is -2.39. The van der Waals surface area contributed by atoms with E-state index in [1.807, 2.05) is 4.90 Å². The minimum absolute atomic E-state index is 0. The second-order valence-electron chi connectivity index (χ2n) is 5.02. The van der Waals surface area contributed by atoms with Gasteiger partial charge in [-0.1, -0.05) is 0 Å². The molecule has 0 unspecified atom stereocenters. The predicted molar refractivity (Wildman–Crippen MR) is 72.2 cm³/mol. The van der Waals surface area contributed by atoms with Gasteiger partial charge in [-0.2, -0.15) is 8.75 Å². The second kappa shape index (κ2) is 5.50. The maximum absolute atomic E-state index is 12.1. The van der Waals surface area contributed by atoms with E-state index < -0.39 is 0 Å². The molecule has 5 nitrogen and oxygen atoms in total. The summed E-state index contributed by atoms with van der Waals surface area (Å²) >= 11 is 1.10. The standard InChI is InChI=1S/C11H16N4OS.ClH/c16-10(9-7-13-17-14-9)15-6-3-11(8-15)1-4-12-5-2-11;/h7,12H,1-6,8H2;1H. The van der Waals surface area contributed by atoms with Gasteiger partial charge in [0.25, 0.3) is 5.91 Å². The van der Waals surface area contributed by atoms with E-state index >= 15 is 0 Å². The van der Waals surface area contributed by atoms with Crippen molar-refractivity contribution in [1.82, 2.24) is 19.0 Å². The van der Waals surface area contributed by atoms with Crippen molar-refractivity contribution in [3.05, 3.63) is 11.9 Å². The first-order valence-corrected chi connectivity index (χ1v) is 6.80. The molecule has 0 aromatic carbocycles. The summed E-state index contributed by atoms with van der Waals surface area (Å²) in [4.78, 5) is 14.1. The van der Waals surface area contributed by atoms with Gasteiger partial charge in [0.15, 0.2) is 5.69 Å². The van der Waals surface area contributed by atoms with E-state index in [-0.39, 0.29) is 18.3 Å². The Morgan fingerprint density at radius 1 is 1.39 bits per heavy atom. The Bertz CT molecular complexity index is 405. The Kier molecular flexibility index (Phi) is 4.19. The van der Waals surface area contributed by atoms with Crippen LogP contribution in [0.4, 0.5) is 0 Å². The molecule has 0 atom stereocenters. The van der Waals surface area contributed by atoms with Crippen LogP contribution in [-0.2, 0) is 0 Å². The normalized spacial score (nSPS) is 21.9. The zero-order valence-corrected chi connectivity index (χ0v) is 11.7. The number of carbonyl (C=O) groups excluding carboxylic acids is 1. The number of nitrogens with one attached hydrogen (secondary N) is 1. The first kappa shape index (κ1) is 13.7. The smallest absolute Gasteiger partial charge is 0.275 e. The fraction of sp³-hybridized carbons (Fsp3) is 0.727. The van der Waals surface area contributed by atoms with E-state index in [2.05, 4.69) is 14.1 Å². The number of hydrogen-bond donors (Lipinski definition) is 1. The maximum Gasteiger partial charge on any atom is 0.275 e. The number of carbonyl (C=O) groups is 1. The molecule has 2 saturated heterocycles. The molecule has 1 aromatic heterocycles. The Morgan fingerprint density at radius 3 is 2.83 bits per heavy atom. The highest BCUT2D eigenvalue weighted by molar-refractivity contribution is 6.99. The summed E-state index contributed by atoms with van der Waals surface area (Å²) in [5.41, 5.74) is 0.866. The van der Waals surface area contributed by atoms with Crippen molar-refractivity contribution in [3.63, 3.8) is 0 Å². The average Bonchev–Trinajstić information content (AvgIpc) is 2.99. The van der Waals surface area contributed by atoms with Crippen LogP contribution in [-0.4, -0.2) is 45.7 Å². The molecule has 7 heteroatoms. The van der Waals surface area contributed by atoms with Crippen molar-refractivity contribution in [2.45, 2.75) is 19.3 Å². The summed E-state index contributed by atoms with van der Waals surface area (Å²) in [6.45, 7) is 3.93. The molecular weight excluding hydrogens is 272 g/mol. The highest BCUT2D eigenvalue weighted by Crippen LogP contribution is 2.38.